The molecule has 1 aromatic carbocycles. The molecule has 0 unspecified atom stereocenters. The zero-order valence-corrected chi connectivity index (χ0v) is 18.4. The van der Waals surface area contributed by atoms with Gasteiger partial charge in [-0.25, -0.2) is 15.0 Å². The zero-order chi connectivity index (χ0) is 25.5. The van der Waals surface area contributed by atoms with E-state index in [9.17, 15) is 31.1 Å². The Morgan fingerprint density at radius 2 is 1.49 bits per heavy atom. The van der Waals surface area contributed by atoms with Crippen molar-refractivity contribution >= 4 is 46.0 Å². The van der Waals surface area contributed by atoms with E-state index in [1.165, 1.54) is 6.07 Å². The number of amides is 1. The first kappa shape index (κ1) is 24.5. The first-order valence-electron chi connectivity index (χ1n) is 9.36. The van der Waals surface area contributed by atoms with Crippen LogP contribution >= 0.6 is 23.2 Å². The number of aromatic nitrogens is 4. The molecular weight excluding hydrogens is 525 g/mol. The summed E-state index contributed by atoms with van der Waals surface area (Å²) in [7, 11) is 0. The molecule has 0 radical (unpaired) electrons. The lowest BCUT2D eigenvalue weighted by Crippen LogP contribution is -2.32. The van der Waals surface area contributed by atoms with Gasteiger partial charge in [0.15, 0.2) is 11.6 Å². The van der Waals surface area contributed by atoms with Crippen molar-refractivity contribution in [2.24, 2.45) is 0 Å². The first-order chi connectivity index (χ1) is 16.4. The van der Waals surface area contributed by atoms with Crippen LogP contribution in [0.15, 0.2) is 48.8 Å². The van der Waals surface area contributed by atoms with Gasteiger partial charge in [0.2, 0.25) is 5.82 Å². The van der Waals surface area contributed by atoms with Crippen molar-refractivity contribution in [1.82, 2.24) is 24.9 Å². The second-order valence-electron chi connectivity index (χ2n) is 6.92. The molecule has 2 N–H and O–H groups in total. The van der Waals surface area contributed by atoms with Crippen LogP contribution in [0.25, 0.3) is 16.9 Å². The number of carbonyl (C=O) groups is 1. The lowest BCUT2D eigenvalue weighted by atomic mass is 10.2. The molecule has 0 aliphatic rings. The van der Waals surface area contributed by atoms with Gasteiger partial charge in [-0.15, -0.1) is 0 Å². The van der Waals surface area contributed by atoms with Crippen LogP contribution < -0.4 is 10.9 Å². The molecule has 35 heavy (non-hydrogen) atoms. The molecule has 0 atom stereocenters. The van der Waals surface area contributed by atoms with Crippen LogP contribution in [0.4, 0.5) is 32.2 Å². The molecule has 0 saturated heterocycles. The largest absolute Gasteiger partial charge is 0.417 e. The third-order valence-electron chi connectivity index (χ3n) is 4.59. The number of carbonyl (C=O) groups excluding carboxylic acids is 1. The average Bonchev–Trinajstić information content (AvgIpc) is 3.16. The molecule has 7 nitrogen and oxygen atoms in total. The van der Waals surface area contributed by atoms with E-state index >= 15 is 0 Å². The summed E-state index contributed by atoms with van der Waals surface area (Å²) in [6, 6.07) is 7.57. The summed E-state index contributed by atoms with van der Waals surface area (Å²) in [5.41, 5.74) is 2.89. The number of nitrogens with zero attached hydrogens (tertiary/aromatic N) is 4. The summed E-state index contributed by atoms with van der Waals surface area (Å²) in [6.07, 6.45) is -8.29. The fourth-order valence-electron chi connectivity index (χ4n) is 3.00. The molecule has 4 rings (SSSR count). The van der Waals surface area contributed by atoms with E-state index in [0.29, 0.717) is 35.6 Å². The van der Waals surface area contributed by atoms with Crippen molar-refractivity contribution in [3.63, 3.8) is 0 Å². The van der Waals surface area contributed by atoms with E-state index in [0.717, 1.165) is 4.57 Å². The normalized spacial score (nSPS) is 12.1. The molecule has 4 aromatic rings. The number of hydrogen-bond donors (Lipinski definition) is 2. The number of para-hydroxylation sites is 2. The van der Waals surface area contributed by atoms with Crippen LogP contribution in [0.1, 0.15) is 21.7 Å². The fourth-order valence-corrected chi connectivity index (χ4v) is 3.46. The van der Waals surface area contributed by atoms with Crippen LogP contribution in [0, 0.1) is 0 Å². The lowest BCUT2D eigenvalue weighted by Gasteiger charge is -2.14. The van der Waals surface area contributed by atoms with Gasteiger partial charge in [-0.05, 0) is 24.3 Å². The minimum atomic E-state index is -4.69. The molecule has 0 bridgehead atoms. The molecule has 3 aromatic heterocycles. The molecular formula is C20H10Cl2F6N6O. The highest BCUT2D eigenvalue weighted by Crippen LogP contribution is 2.34. The van der Waals surface area contributed by atoms with Crippen LogP contribution in [-0.2, 0) is 12.4 Å². The second-order valence-corrected chi connectivity index (χ2v) is 7.73. The third-order valence-corrected chi connectivity index (χ3v) is 5.15. The number of hydrogen-bond acceptors (Lipinski definition) is 5. The van der Waals surface area contributed by atoms with E-state index in [2.05, 4.69) is 25.8 Å². The van der Waals surface area contributed by atoms with Crippen LogP contribution in [0.2, 0.25) is 10.0 Å². The maximum atomic E-state index is 13.0. The molecule has 0 spiro atoms. The van der Waals surface area contributed by atoms with Gasteiger partial charge >= 0.3 is 18.3 Å². The number of pyridine rings is 2. The molecule has 3 heterocycles. The number of hydrazine groups is 1. The van der Waals surface area contributed by atoms with Gasteiger partial charge in [0.1, 0.15) is 0 Å². The maximum Gasteiger partial charge on any atom is 0.417 e. The van der Waals surface area contributed by atoms with Gasteiger partial charge in [-0.2, -0.15) is 26.3 Å². The third kappa shape index (κ3) is 4.95. The Hall–Kier alpha value is -3.58. The molecule has 1 amide bonds. The monoisotopic (exact) mass is 534 g/mol. The zero-order valence-electron chi connectivity index (χ0n) is 16.8. The first-order valence-corrected chi connectivity index (χ1v) is 10.1. The van der Waals surface area contributed by atoms with Gasteiger partial charge in [-0.3, -0.25) is 20.2 Å². The molecule has 0 aliphatic heterocycles. The van der Waals surface area contributed by atoms with E-state index in [1.54, 1.807) is 18.2 Å². The Kier molecular flexibility index (Phi) is 6.23. The Balaban J connectivity index is 1.69. The number of anilines is 1. The highest BCUT2D eigenvalue weighted by atomic mass is 35.5. The summed E-state index contributed by atoms with van der Waals surface area (Å²) in [4.78, 5) is 24.4. The smallest absolute Gasteiger partial charge is 0.280 e. The number of nitrogens with one attached hydrogen (secondary N) is 2. The van der Waals surface area contributed by atoms with Gasteiger partial charge in [0.05, 0.1) is 32.2 Å². The summed E-state index contributed by atoms with van der Waals surface area (Å²) in [6.45, 7) is 0. The lowest BCUT2D eigenvalue weighted by molar-refractivity contribution is -0.138. The molecule has 0 saturated carbocycles. The summed E-state index contributed by atoms with van der Waals surface area (Å²) in [5, 5.41) is -0.835. The number of rotatable bonds is 4. The van der Waals surface area contributed by atoms with E-state index in [1.807, 2.05) is 0 Å². The SMILES string of the molecule is O=C(NNc1ncc(C(F)(F)F)cc1Cl)c1nc2ccccc2n1-c1ncc(C(F)(F)F)cc1Cl. The standard InChI is InChI=1S/C20H10Cl2F6N6O/c21-11-5-9(19(23,24)25)7-29-15(11)32-33-18(35)17-31-13-3-1-2-4-14(13)34(17)16-12(22)6-10(8-30-16)20(26,27)28/h1-8H,(H,29,32)(H,33,35). The van der Waals surface area contributed by atoms with Gasteiger partial charge in [0.25, 0.3) is 0 Å². The predicted molar refractivity (Wildman–Crippen MR) is 114 cm³/mol. The van der Waals surface area contributed by atoms with Crippen molar-refractivity contribution < 1.29 is 31.1 Å². The van der Waals surface area contributed by atoms with Gasteiger partial charge in [0, 0.05) is 12.4 Å². The van der Waals surface area contributed by atoms with Crippen molar-refractivity contribution in [3.8, 4) is 5.82 Å². The minimum absolute atomic E-state index is 0.204. The number of alkyl halides is 6. The quantitative estimate of drug-likeness (QED) is 0.251. The Morgan fingerprint density at radius 3 is 2.09 bits per heavy atom. The average molecular weight is 535 g/mol. The summed E-state index contributed by atoms with van der Waals surface area (Å²) >= 11 is 11.9. The minimum Gasteiger partial charge on any atom is -0.280 e. The number of fused-ring (bicyclic) bond motifs is 1. The molecule has 15 heteroatoms. The van der Waals surface area contributed by atoms with Crippen molar-refractivity contribution in [2.75, 3.05) is 5.43 Å². The van der Waals surface area contributed by atoms with Crippen molar-refractivity contribution in [3.05, 3.63) is 75.8 Å². The van der Waals surface area contributed by atoms with E-state index in [4.69, 9.17) is 23.2 Å². The Morgan fingerprint density at radius 1 is 0.886 bits per heavy atom. The molecule has 0 fully saturated rings. The van der Waals surface area contributed by atoms with Crippen LogP contribution in [-0.4, -0.2) is 25.4 Å². The Labute approximate surface area is 201 Å². The number of benzene rings is 1. The highest BCUT2D eigenvalue weighted by Gasteiger charge is 2.33. The van der Waals surface area contributed by atoms with E-state index in [-0.39, 0.29) is 17.5 Å². The Bertz CT molecular complexity index is 1440. The van der Waals surface area contributed by atoms with Crippen LogP contribution in [0.3, 0.4) is 0 Å². The van der Waals surface area contributed by atoms with E-state index < -0.39 is 39.4 Å². The summed E-state index contributed by atoms with van der Waals surface area (Å²) < 4.78 is 78.5. The maximum absolute atomic E-state index is 13.0. The predicted octanol–water partition coefficient (Wildman–Crippen LogP) is 5.92. The number of halogens is 8. The molecule has 0 aliphatic carbocycles. The van der Waals surface area contributed by atoms with Crippen molar-refractivity contribution in [2.45, 2.75) is 12.4 Å². The van der Waals surface area contributed by atoms with Crippen molar-refractivity contribution in [1.29, 1.82) is 0 Å². The van der Waals surface area contributed by atoms with Gasteiger partial charge in [-0.1, -0.05) is 35.3 Å². The number of imidazole rings is 1. The highest BCUT2D eigenvalue weighted by molar-refractivity contribution is 6.33. The topological polar surface area (TPSA) is 84.7 Å². The molecule has 182 valence electrons. The second kappa shape index (κ2) is 8.89. The summed E-state index contributed by atoms with van der Waals surface area (Å²) in [5.74, 6) is -1.77. The van der Waals surface area contributed by atoms with Crippen LogP contribution in [0.5, 0.6) is 0 Å². The van der Waals surface area contributed by atoms with Gasteiger partial charge < -0.3 is 0 Å². The fraction of sp³-hybridized carbons (Fsp3) is 0.100.